The van der Waals surface area contributed by atoms with Gasteiger partial charge in [0.1, 0.15) is 9.84 Å². The maximum atomic E-state index is 11.2. The maximum absolute atomic E-state index is 11.2. The predicted molar refractivity (Wildman–Crippen MR) is 71.0 cm³/mol. The van der Waals surface area contributed by atoms with Crippen molar-refractivity contribution in [1.82, 2.24) is 10.2 Å². The first kappa shape index (κ1) is 16.8. The number of nitrogens with one attached hydrogen (secondary N) is 1. The summed E-state index contributed by atoms with van der Waals surface area (Å²) in [7, 11) is 0.945. The van der Waals surface area contributed by atoms with Gasteiger partial charge in [0.15, 0.2) is 0 Å². The highest BCUT2D eigenvalue weighted by Gasteiger charge is 2.20. The van der Waals surface area contributed by atoms with Crippen molar-refractivity contribution < 1.29 is 13.5 Å². The van der Waals surface area contributed by atoms with E-state index in [1.54, 1.807) is 13.8 Å². The molecule has 1 atom stereocenters. The molecule has 0 saturated carbocycles. The molecular weight excluding hydrogens is 240 g/mol. The van der Waals surface area contributed by atoms with Crippen molar-refractivity contribution in [3.05, 3.63) is 0 Å². The molecule has 0 aromatic rings. The van der Waals surface area contributed by atoms with Gasteiger partial charge in [0.25, 0.3) is 0 Å². The Bertz CT molecular complexity index is 300. The Labute approximate surface area is 105 Å². The SMILES string of the molecule is CCS(=O)(=O)CCCNCC(C)(O)CN(C)C. The van der Waals surface area contributed by atoms with Crippen molar-refractivity contribution in [2.75, 3.05) is 45.2 Å². The number of rotatable bonds is 9. The average molecular weight is 266 g/mol. The summed E-state index contributed by atoms with van der Waals surface area (Å²) < 4.78 is 22.4. The van der Waals surface area contributed by atoms with E-state index in [9.17, 15) is 13.5 Å². The van der Waals surface area contributed by atoms with Crippen molar-refractivity contribution >= 4 is 9.84 Å². The molecule has 0 saturated heterocycles. The van der Waals surface area contributed by atoms with Crippen molar-refractivity contribution in [2.24, 2.45) is 0 Å². The quantitative estimate of drug-likeness (QED) is 0.561. The van der Waals surface area contributed by atoms with Gasteiger partial charge >= 0.3 is 0 Å². The van der Waals surface area contributed by atoms with Crippen LogP contribution in [0.2, 0.25) is 0 Å². The van der Waals surface area contributed by atoms with E-state index in [0.29, 0.717) is 26.1 Å². The third kappa shape index (κ3) is 9.52. The van der Waals surface area contributed by atoms with Gasteiger partial charge in [0, 0.05) is 18.8 Å². The summed E-state index contributed by atoms with van der Waals surface area (Å²) in [6.07, 6.45) is 0.591. The second-order valence-electron chi connectivity index (χ2n) is 5.00. The summed E-state index contributed by atoms with van der Waals surface area (Å²) in [5.74, 6) is 0.414. The number of hydrogen-bond acceptors (Lipinski definition) is 5. The molecule has 0 radical (unpaired) electrons. The Morgan fingerprint density at radius 2 is 1.94 bits per heavy atom. The number of sulfone groups is 1. The van der Waals surface area contributed by atoms with E-state index >= 15 is 0 Å². The van der Waals surface area contributed by atoms with Crippen LogP contribution in [0.3, 0.4) is 0 Å². The Morgan fingerprint density at radius 3 is 2.41 bits per heavy atom. The molecule has 0 aliphatic heterocycles. The lowest BCUT2D eigenvalue weighted by Crippen LogP contribution is -2.45. The zero-order chi connectivity index (χ0) is 13.5. The number of hydrogen-bond donors (Lipinski definition) is 2. The lowest BCUT2D eigenvalue weighted by molar-refractivity contribution is 0.0341. The van der Waals surface area contributed by atoms with Crippen LogP contribution in [-0.2, 0) is 9.84 Å². The summed E-state index contributed by atoms with van der Waals surface area (Å²) in [4.78, 5) is 1.92. The van der Waals surface area contributed by atoms with Gasteiger partial charge in [0.05, 0.1) is 11.4 Å². The third-order valence-electron chi connectivity index (χ3n) is 2.41. The van der Waals surface area contributed by atoms with Crippen LogP contribution in [0.15, 0.2) is 0 Å². The van der Waals surface area contributed by atoms with Crippen molar-refractivity contribution in [3.8, 4) is 0 Å². The molecule has 17 heavy (non-hydrogen) atoms. The van der Waals surface area contributed by atoms with E-state index in [1.807, 2.05) is 19.0 Å². The highest BCUT2D eigenvalue weighted by molar-refractivity contribution is 7.91. The van der Waals surface area contributed by atoms with Crippen LogP contribution in [0.5, 0.6) is 0 Å². The summed E-state index contributed by atoms with van der Waals surface area (Å²) >= 11 is 0. The summed E-state index contributed by atoms with van der Waals surface area (Å²) in [5.41, 5.74) is -0.785. The third-order valence-corrected chi connectivity index (χ3v) is 4.20. The first-order valence-corrected chi connectivity index (χ1v) is 7.79. The van der Waals surface area contributed by atoms with Gasteiger partial charge in [-0.3, -0.25) is 0 Å². The average Bonchev–Trinajstić information content (AvgIpc) is 2.14. The highest BCUT2D eigenvalue weighted by Crippen LogP contribution is 2.02. The molecule has 5 nitrogen and oxygen atoms in total. The summed E-state index contributed by atoms with van der Waals surface area (Å²) in [5, 5.41) is 13.1. The first-order valence-electron chi connectivity index (χ1n) is 5.97. The topological polar surface area (TPSA) is 69.6 Å². The number of nitrogens with zero attached hydrogens (tertiary/aromatic N) is 1. The first-order chi connectivity index (χ1) is 7.68. The lowest BCUT2D eigenvalue weighted by atomic mass is 10.1. The molecular formula is C11H26N2O3S. The maximum Gasteiger partial charge on any atom is 0.150 e. The molecule has 0 spiro atoms. The minimum Gasteiger partial charge on any atom is -0.388 e. The standard InChI is InChI=1S/C11H26N2O3S/c1-5-17(15,16)8-6-7-12-9-11(2,14)10-13(3)4/h12,14H,5-10H2,1-4H3. The predicted octanol–water partition coefficient (Wildman–Crippen LogP) is -0.287. The fourth-order valence-corrected chi connectivity index (χ4v) is 2.53. The van der Waals surface area contributed by atoms with E-state index in [0.717, 1.165) is 0 Å². The molecule has 0 heterocycles. The van der Waals surface area contributed by atoms with Gasteiger partial charge in [-0.1, -0.05) is 6.92 Å². The fourth-order valence-electron chi connectivity index (χ4n) is 1.66. The molecule has 0 rings (SSSR count). The van der Waals surface area contributed by atoms with Gasteiger partial charge in [-0.25, -0.2) is 8.42 Å². The molecule has 0 aromatic heterocycles. The van der Waals surface area contributed by atoms with Crippen LogP contribution < -0.4 is 5.32 Å². The van der Waals surface area contributed by atoms with Crippen LogP contribution >= 0.6 is 0 Å². The second-order valence-corrected chi connectivity index (χ2v) is 7.47. The van der Waals surface area contributed by atoms with Crippen molar-refractivity contribution in [3.63, 3.8) is 0 Å². The minimum absolute atomic E-state index is 0.200. The number of likely N-dealkylation sites (N-methyl/N-ethyl adjacent to an activating group) is 1. The Kier molecular flexibility index (Phi) is 7.23. The summed E-state index contributed by atoms with van der Waals surface area (Å²) in [6, 6.07) is 0. The Balaban J connectivity index is 3.71. The zero-order valence-corrected chi connectivity index (χ0v) is 12.2. The normalized spacial score (nSPS) is 16.1. The molecule has 6 heteroatoms. The van der Waals surface area contributed by atoms with Crippen molar-refractivity contribution in [2.45, 2.75) is 25.9 Å². The van der Waals surface area contributed by atoms with Crippen LogP contribution in [0.4, 0.5) is 0 Å². The van der Waals surface area contributed by atoms with E-state index in [-0.39, 0.29) is 11.5 Å². The monoisotopic (exact) mass is 266 g/mol. The molecule has 104 valence electrons. The molecule has 0 aromatic carbocycles. The van der Waals surface area contributed by atoms with E-state index in [4.69, 9.17) is 0 Å². The highest BCUT2D eigenvalue weighted by atomic mass is 32.2. The minimum atomic E-state index is -2.87. The zero-order valence-electron chi connectivity index (χ0n) is 11.4. The van der Waals surface area contributed by atoms with Crippen LogP contribution in [0.25, 0.3) is 0 Å². The van der Waals surface area contributed by atoms with Crippen LogP contribution in [0.1, 0.15) is 20.3 Å². The van der Waals surface area contributed by atoms with E-state index in [2.05, 4.69) is 5.32 Å². The summed E-state index contributed by atoms with van der Waals surface area (Å²) in [6.45, 7) is 5.08. The van der Waals surface area contributed by atoms with Gasteiger partial charge in [0.2, 0.25) is 0 Å². The molecule has 1 unspecified atom stereocenters. The van der Waals surface area contributed by atoms with Gasteiger partial charge in [-0.05, 0) is 34.0 Å². The molecule has 0 fully saturated rings. The Morgan fingerprint density at radius 1 is 1.35 bits per heavy atom. The molecule has 0 amide bonds. The van der Waals surface area contributed by atoms with Gasteiger partial charge in [-0.15, -0.1) is 0 Å². The molecule has 0 aliphatic carbocycles. The van der Waals surface area contributed by atoms with Crippen molar-refractivity contribution in [1.29, 1.82) is 0 Å². The smallest absolute Gasteiger partial charge is 0.150 e. The number of aliphatic hydroxyl groups is 1. The largest absolute Gasteiger partial charge is 0.388 e. The molecule has 2 N–H and O–H groups in total. The van der Waals surface area contributed by atoms with Gasteiger partial charge < -0.3 is 15.3 Å². The lowest BCUT2D eigenvalue weighted by Gasteiger charge is -2.27. The van der Waals surface area contributed by atoms with E-state index < -0.39 is 15.4 Å². The fraction of sp³-hybridized carbons (Fsp3) is 1.00. The van der Waals surface area contributed by atoms with Crippen LogP contribution in [-0.4, -0.2) is 69.3 Å². The van der Waals surface area contributed by atoms with Gasteiger partial charge in [-0.2, -0.15) is 0 Å². The molecule has 0 bridgehead atoms. The second kappa shape index (κ2) is 7.31. The van der Waals surface area contributed by atoms with E-state index in [1.165, 1.54) is 0 Å². The molecule has 0 aliphatic rings. The van der Waals surface area contributed by atoms with Crippen LogP contribution in [0, 0.1) is 0 Å². The Hall–Kier alpha value is -0.170.